The average Bonchev–Trinajstić information content (AvgIpc) is 2.73. The zero-order chi connectivity index (χ0) is 20.9. The lowest BCUT2D eigenvalue weighted by atomic mass is 10.2. The van der Waals surface area contributed by atoms with Crippen LogP contribution in [0.15, 0.2) is 89.0 Å². The van der Waals surface area contributed by atoms with Crippen LogP contribution in [0.4, 0.5) is 5.69 Å². The van der Waals surface area contributed by atoms with Crippen molar-refractivity contribution in [1.29, 1.82) is 0 Å². The third-order valence-corrected chi connectivity index (χ3v) is 5.79. The molecule has 0 aliphatic carbocycles. The first-order chi connectivity index (χ1) is 13.8. The number of anilines is 1. The lowest BCUT2D eigenvalue weighted by Gasteiger charge is -2.12. The van der Waals surface area contributed by atoms with Gasteiger partial charge in [0.2, 0.25) is 0 Å². The van der Waals surface area contributed by atoms with Crippen LogP contribution in [0, 0.1) is 0 Å². The van der Waals surface area contributed by atoms with Crippen LogP contribution in [0.1, 0.15) is 15.9 Å². The molecule has 0 radical (unpaired) electrons. The molecule has 1 amide bonds. The number of hydrogen-bond donors (Lipinski definition) is 3. The number of benzene rings is 2. The van der Waals surface area contributed by atoms with Crippen molar-refractivity contribution in [1.82, 2.24) is 15.8 Å². The number of amides is 1. The van der Waals surface area contributed by atoms with Gasteiger partial charge in [0.25, 0.3) is 15.9 Å². The van der Waals surface area contributed by atoms with E-state index in [0.29, 0.717) is 16.9 Å². The summed E-state index contributed by atoms with van der Waals surface area (Å²) in [6.07, 6.45) is 3.26. The topological polar surface area (TPSA) is 100 Å². The van der Waals surface area contributed by atoms with E-state index in [2.05, 4.69) is 43.1 Å². The first-order valence-electron chi connectivity index (χ1n) is 8.39. The van der Waals surface area contributed by atoms with E-state index in [0.717, 1.165) is 10.0 Å². The van der Waals surface area contributed by atoms with Gasteiger partial charge in [-0.3, -0.25) is 25.4 Å². The van der Waals surface area contributed by atoms with Gasteiger partial charge in [-0.1, -0.05) is 22.5 Å². The van der Waals surface area contributed by atoms with Gasteiger partial charge < -0.3 is 0 Å². The molecule has 0 aliphatic heterocycles. The molecule has 29 heavy (non-hydrogen) atoms. The number of nitrogens with one attached hydrogen (secondary N) is 3. The fraction of sp³-hybridized carbons (Fsp3) is 0. The Kier molecular flexibility index (Phi) is 6.30. The predicted octanol–water partition coefficient (Wildman–Crippen LogP) is 3.55. The number of carbonyl (C=O) groups is 1. The summed E-state index contributed by atoms with van der Waals surface area (Å²) >= 11 is 3.27. The Morgan fingerprint density at radius 3 is 2.24 bits per heavy atom. The molecule has 0 aliphatic rings. The molecule has 0 saturated heterocycles. The van der Waals surface area contributed by atoms with E-state index >= 15 is 0 Å². The van der Waals surface area contributed by atoms with Crippen molar-refractivity contribution in [2.75, 3.05) is 4.72 Å². The molecule has 0 spiro atoms. The molecule has 0 fully saturated rings. The molecule has 3 aromatic rings. The first kappa shape index (κ1) is 20.6. The van der Waals surface area contributed by atoms with Gasteiger partial charge in [-0.25, -0.2) is 8.42 Å². The molecule has 7 nitrogen and oxygen atoms in total. The summed E-state index contributed by atoms with van der Waals surface area (Å²) in [5.41, 5.74) is 7.19. The summed E-state index contributed by atoms with van der Waals surface area (Å²) in [6, 6.07) is 15.9. The molecule has 9 heteroatoms. The maximum atomic E-state index is 12.4. The predicted molar refractivity (Wildman–Crippen MR) is 115 cm³/mol. The summed E-state index contributed by atoms with van der Waals surface area (Å²) in [6.45, 7) is 3.83. The Morgan fingerprint density at radius 2 is 1.62 bits per heavy atom. The highest BCUT2D eigenvalue weighted by atomic mass is 79.9. The van der Waals surface area contributed by atoms with Gasteiger partial charge in [-0.05, 0) is 60.7 Å². The number of rotatable bonds is 7. The quantitative estimate of drug-likeness (QED) is 0.456. The van der Waals surface area contributed by atoms with Crippen molar-refractivity contribution in [2.24, 2.45) is 0 Å². The number of nitrogens with zero attached hydrogens (tertiary/aromatic N) is 1. The summed E-state index contributed by atoms with van der Waals surface area (Å²) in [4.78, 5) is 16.4. The second-order valence-electron chi connectivity index (χ2n) is 5.94. The Morgan fingerprint density at radius 1 is 0.931 bits per heavy atom. The summed E-state index contributed by atoms with van der Waals surface area (Å²) < 4.78 is 28.1. The Labute approximate surface area is 177 Å². The van der Waals surface area contributed by atoms with Crippen molar-refractivity contribution >= 4 is 43.2 Å². The van der Waals surface area contributed by atoms with Crippen LogP contribution >= 0.6 is 15.9 Å². The van der Waals surface area contributed by atoms with Crippen LogP contribution in [0.5, 0.6) is 0 Å². The largest absolute Gasteiger partial charge is 0.298 e. The Balaban J connectivity index is 1.61. The minimum Gasteiger partial charge on any atom is -0.298 e. The molecule has 3 rings (SSSR count). The Bertz CT molecular complexity index is 1120. The fourth-order valence-electron chi connectivity index (χ4n) is 2.34. The number of pyridine rings is 1. The van der Waals surface area contributed by atoms with Crippen molar-refractivity contribution in [2.45, 2.75) is 4.90 Å². The van der Waals surface area contributed by atoms with E-state index in [1.54, 1.807) is 36.7 Å². The van der Waals surface area contributed by atoms with Gasteiger partial charge >= 0.3 is 0 Å². The zero-order valence-corrected chi connectivity index (χ0v) is 17.5. The van der Waals surface area contributed by atoms with Gasteiger partial charge in [0.1, 0.15) is 0 Å². The molecule has 148 valence electrons. The van der Waals surface area contributed by atoms with E-state index in [-0.39, 0.29) is 4.90 Å². The van der Waals surface area contributed by atoms with Gasteiger partial charge in [0, 0.05) is 33.7 Å². The second-order valence-corrected chi connectivity index (χ2v) is 8.53. The number of carbonyl (C=O) groups excluding carboxylic acids is 1. The van der Waals surface area contributed by atoms with E-state index in [9.17, 15) is 13.2 Å². The smallest absolute Gasteiger partial charge is 0.269 e. The number of hydrazine groups is 1. The number of sulfonamides is 1. The molecule has 3 N–H and O–H groups in total. The van der Waals surface area contributed by atoms with Crippen molar-refractivity contribution in [3.63, 3.8) is 0 Å². The van der Waals surface area contributed by atoms with Crippen LogP contribution in [0.2, 0.25) is 0 Å². The van der Waals surface area contributed by atoms with Crippen molar-refractivity contribution in [3.8, 4) is 0 Å². The third kappa shape index (κ3) is 5.43. The second kappa shape index (κ2) is 8.89. The third-order valence-electron chi connectivity index (χ3n) is 3.86. The van der Waals surface area contributed by atoms with Crippen LogP contribution in [-0.4, -0.2) is 19.3 Å². The van der Waals surface area contributed by atoms with Crippen LogP contribution in [0.25, 0.3) is 5.70 Å². The summed E-state index contributed by atoms with van der Waals surface area (Å²) in [5.74, 6) is -0.391. The highest BCUT2D eigenvalue weighted by molar-refractivity contribution is 9.10. The lowest BCUT2D eigenvalue weighted by Crippen LogP contribution is -2.35. The van der Waals surface area contributed by atoms with Crippen LogP contribution < -0.4 is 15.6 Å². The first-order valence-corrected chi connectivity index (χ1v) is 10.7. The lowest BCUT2D eigenvalue weighted by molar-refractivity contribution is 0.0942. The molecule has 0 bridgehead atoms. The standard InChI is InChI=1S/C20H17BrN4O3S/c1-14(16-3-2-12-22-13-16)23-24-20(26)15-4-8-18(9-5-15)25-29(27,28)19-10-6-17(21)7-11-19/h2-13,23,25H,1H2,(H,24,26). The van der Waals surface area contributed by atoms with E-state index in [4.69, 9.17) is 0 Å². The minimum absolute atomic E-state index is 0.139. The molecular weight excluding hydrogens is 456 g/mol. The van der Waals surface area contributed by atoms with E-state index in [1.807, 2.05) is 0 Å². The van der Waals surface area contributed by atoms with Crippen LogP contribution in [-0.2, 0) is 10.0 Å². The van der Waals surface area contributed by atoms with E-state index < -0.39 is 15.9 Å². The zero-order valence-electron chi connectivity index (χ0n) is 15.1. The van der Waals surface area contributed by atoms with Crippen molar-refractivity contribution < 1.29 is 13.2 Å². The van der Waals surface area contributed by atoms with Gasteiger partial charge in [-0.15, -0.1) is 0 Å². The maximum Gasteiger partial charge on any atom is 0.269 e. The number of aromatic nitrogens is 1. The average molecular weight is 473 g/mol. The minimum atomic E-state index is -3.72. The molecule has 2 aromatic carbocycles. The molecule has 0 saturated carbocycles. The molecular formula is C20H17BrN4O3S. The summed E-state index contributed by atoms with van der Waals surface area (Å²) in [5, 5.41) is 0. The van der Waals surface area contributed by atoms with Crippen molar-refractivity contribution in [3.05, 3.63) is 95.2 Å². The van der Waals surface area contributed by atoms with Crippen LogP contribution in [0.3, 0.4) is 0 Å². The highest BCUT2D eigenvalue weighted by Crippen LogP contribution is 2.19. The van der Waals surface area contributed by atoms with Gasteiger partial charge in [-0.2, -0.15) is 0 Å². The fourth-order valence-corrected chi connectivity index (χ4v) is 3.66. The number of halogens is 1. The summed E-state index contributed by atoms with van der Waals surface area (Å²) in [7, 11) is -3.72. The monoisotopic (exact) mass is 472 g/mol. The SMILES string of the molecule is C=C(NNC(=O)c1ccc(NS(=O)(=O)c2ccc(Br)cc2)cc1)c1cccnc1. The van der Waals surface area contributed by atoms with E-state index in [1.165, 1.54) is 36.4 Å². The number of hydrogen-bond acceptors (Lipinski definition) is 5. The Hall–Kier alpha value is -3.17. The van der Waals surface area contributed by atoms with Gasteiger partial charge in [0.15, 0.2) is 0 Å². The molecule has 1 heterocycles. The molecule has 0 unspecified atom stereocenters. The molecule has 0 atom stereocenters. The molecule has 1 aromatic heterocycles. The maximum absolute atomic E-state index is 12.4. The highest BCUT2D eigenvalue weighted by Gasteiger charge is 2.14. The normalized spacial score (nSPS) is 10.8. The van der Waals surface area contributed by atoms with Gasteiger partial charge in [0.05, 0.1) is 10.6 Å².